The van der Waals surface area contributed by atoms with Crippen molar-refractivity contribution < 1.29 is 14.3 Å². The number of urea groups is 1. The van der Waals surface area contributed by atoms with Gasteiger partial charge in [-0.1, -0.05) is 25.4 Å². The zero-order valence-electron chi connectivity index (χ0n) is 15.1. The first-order valence-corrected chi connectivity index (χ1v) is 8.38. The second kappa shape index (κ2) is 9.81. The Bertz CT molecular complexity index is 534. The largest absolute Gasteiger partial charge is 0.356 e. The van der Waals surface area contributed by atoms with Crippen molar-refractivity contribution in [2.24, 2.45) is 5.41 Å². The van der Waals surface area contributed by atoms with Crippen molar-refractivity contribution in [2.45, 2.75) is 46.3 Å². The topological polar surface area (TPSA) is 72.5 Å². The van der Waals surface area contributed by atoms with E-state index >= 15 is 0 Å². The Kier molecular flexibility index (Phi) is 8.45. The predicted octanol–water partition coefficient (Wildman–Crippen LogP) is 3.98. The maximum atomic E-state index is 12.0. The van der Waals surface area contributed by atoms with Gasteiger partial charge in [0.2, 0.25) is 0 Å². The highest BCUT2D eigenvalue weighted by atomic mass is 35.5. The van der Waals surface area contributed by atoms with Crippen LogP contribution in [0.5, 0.6) is 0 Å². The lowest BCUT2D eigenvalue weighted by Crippen LogP contribution is -2.36. The van der Waals surface area contributed by atoms with Gasteiger partial charge in [0.25, 0.3) is 0 Å². The van der Waals surface area contributed by atoms with Crippen LogP contribution in [0.15, 0.2) is 12.3 Å². The van der Waals surface area contributed by atoms with Gasteiger partial charge in [-0.05, 0) is 43.2 Å². The van der Waals surface area contributed by atoms with Crippen LogP contribution in [-0.4, -0.2) is 38.1 Å². The molecule has 0 aliphatic heterocycles. The number of hydrogen-bond donors (Lipinski definition) is 2. The van der Waals surface area contributed by atoms with Crippen LogP contribution in [0, 0.1) is 12.3 Å². The molecule has 1 heterocycles. The summed E-state index contributed by atoms with van der Waals surface area (Å²) in [6, 6.07) is 1.54. The number of aromatic nitrogens is 1. The molecule has 1 rings (SSSR count). The van der Waals surface area contributed by atoms with Crippen LogP contribution in [0.2, 0.25) is 5.15 Å². The number of halogens is 1. The van der Waals surface area contributed by atoms with Crippen LogP contribution in [0.1, 0.15) is 38.7 Å². The van der Waals surface area contributed by atoms with Gasteiger partial charge in [0.15, 0.2) is 6.29 Å². The molecule has 0 radical (unpaired) electrons. The van der Waals surface area contributed by atoms with Gasteiger partial charge in [-0.3, -0.25) is 0 Å². The summed E-state index contributed by atoms with van der Waals surface area (Å²) in [6.07, 6.45) is 4.12. The third-order valence-electron chi connectivity index (χ3n) is 3.82. The van der Waals surface area contributed by atoms with Gasteiger partial charge in [-0.15, -0.1) is 0 Å². The van der Waals surface area contributed by atoms with Crippen LogP contribution in [-0.2, 0) is 9.47 Å². The number of nitrogens with zero attached hydrogens (tertiary/aromatic N) is 1. The number of carbonyl (C=O) groups excluding carboxylic acids is 1. The molecule has 2 amide bonds. The number of methoxy groups -OCH3 is 2. The lowest BCUT2D eigenvalue weighted by molar-refractivity contribution is -0.107. The molecule has 24 heavy (non-hydrogen) atoms. The van der Waals surface area contributed by atoms with Crippen molar-refractivity contribution in [1.82, 2.24) is 10.3 Å². The van der Waals surface area contributed by atoms with E-state index in [9.17, 15) is 4.79 Å². The normalized spacial score (nSPS) is 11.6. The Balaban J connectivity index is 2.37. The first kappa shape index (κ1) is 20.7. The zero-order chi connectivity index (χ0) is 18.2. The van der Waals surface area contributed by atoms with E-state index in [0.29, 0.717) is 17.4 Å². The maximum Gasteiger partial charge on any atom is 0.319 e. The van der Waals surface area contributed by atoms with Crippen molar-refractivity contribution in [3.63, 3.8) is 0 Å². The van der Waals surface area contributed by atoms with Crippen molar-refractivity contribution in [2.75, 3.05) is 26.1 Å². The summed E-state index contributed by atoms with van der Waals surface area (Å²) >= 11 is 5.87. The number of aryl methyl sites for hydroxylation is 1. The molecule has 0 aliphatic rings. The van der Waals surface area contributed by atoms with E-state index in [0.717, 1.165) is 24.8 Å². The summed E-state index contributed by atoms with van der Waals surface area (Å²) in [5.74, 6) is 0. The predicted molar refractivity (Wildman–Crippen MR) is 96.4 cm³/mol. The van der Waals surface area contributed by atoms with Crippen LogP contribution >= 0.6 is 11.6 Å². The Labute approximate surface area is 149 Å². The fourth-order valence-corrected chi connectivity index (χ4v) is 2.39. The minimum Gasteiger partial charge on any atom is -0.356 e. The smallest absolute Gasteiger partial charge is 0.319 e. The van der Waals surface area contributed by atoms with Gasteiger partial charge in [0.1, 0.15) is 5.15 Å². The summed E-state index contributed by atoms with van der Waals surface area (Å²) in [4.78, 5) is 16.0. The Morgan fingerprint density at radius 1 is 1.38 bits per heavy atom. The average molecular weight is 358 g/mol. The molecule has 2 N–H and O–H groups in total. The first-order chi connectivity index (χ1) is 11.3. The highest BCUT2D eigenvalue weighted by Gasteiger charge is 2.19. The lowest BCUT2D eigenvalue weighted by atomic mass is 9.87. The molecule has 136 valence electrons. The van der Waals surface area contributed by atoms with Crippen LogP contribution < -0.4 is 10.6 Å². The van der Waals surface area contributed by atoms with Crippen LogP contribution in [0.4, 0.5) is 10.5 Å². The fourth-order valence-electron chi connectivity index (χ4n) is 2.29. The zero-order valence-corrected chi connectivity index (χ0v) is 15.9. The Hall–Kier alpha value is -1.37. The van der Waals surface area contributed by atoms with Gasteiger partial charge in [-0.25, -0.2) is 9.78 Å². The number of carbonyl (C=O) groups is 1. The number of anilines is 1. The van der Waals surface area contributed by atoms with Crippen LogP contribution in [0.3, 0.4) is 0 Å². The number of hydrogen-bond acceptors (Lipinski definition) is 4. The average Bonchev–Trinajstić information content (AvgIpc) is 2.53. The first-order valence-electron chi connectivity index (χ1n) is 8.00. The SMILES string of the molecule is COC(CCCC(C)(C)CNC(=O)Nc1cnc(Cl)c(C)c1)OC. The Morgan fingerprint density at radius 3 is 2.62 bits per heavy atom. The molecule has 0 fully saturated rings. The van der Waals surface area contributed by atoms with Crippen molar-refractivity contribution in [3.8, 4) is 0 Å². The van der Waals surface area contributed by atoms with Crippen molar-refractivity contribution >= 4 is 23.3 Å². The van der Waals surface area contributed by atoms with E-state index in [1.165, 1.54) is 6.20 Å². The molecule has 0 unspecified atom stereocenters. The minimum absolute atomic E-state index is 0.0163. The molecule has 7 heteroatoms. The summed E-state index contributed by atoms with van der Waals surface area (Å²) in [6.45, 7) is 6.66. The second-order valence-electron chi connectivity index (χ2n) is 6.60. The summed E-state index contributed by atoms with van der Waals surface area (Å²) in [5.41, 5.74) is 1.42. The van der Waals surface area contributed by atoms with E-state index in [1.54, 1.807) is 20.3 Å². The maximum absolute atomic E-state index is 12.0. The molecule has 1 aromatic heterocycles. The molecule has 0 aromatic carbocycles. The lowest BCUT2D eigenvalue weighted by Gasteiger charge is -2.25. The quantitative estimate of drug-likeness (QED) is 0.518. The monoisotopic (exact) mass is 357 g/mol. The van der Waals surface area contributed by atoms with E-state index in [2.05, 4.69) is 29.5 Å². The fraction of sp³-hybridized carbons (Fsp3) is 0.647. The van der Waals surface area contributed by atoms with Gasteiger partial charge in [0, 0.05) is 20.8 Å². The van der Waals surface area contributed by atoms with Crippen molar-refractivity contribution in [3.05, 3.63) is 23.0 Å². The molecule has 0 saturated carbocycles. The summed E-state index contributed by atoms with van der Waals surface area (Å²) in [5, 5.41) is 6.10. The van der Waals surface area contributed by atoms with Gasteiger partial charge < -0.3 is 20.1 Å². The van der Waals surface area contributed by atoms with Crippen molar-refractivity contribution in [1.29, 1.82) is 0 Å². The molecular formula is C17H28ClN3O3. The highest BCUT2D eigenvalue weighted by Crippen LogP contribution is 2.23. The molecule has 0 saturated heterocycles. The third kappa shape index (κ3) is 7.47. The van der Waals surface area contributed by atoms with Gasteiger partial charge in [0.05, 0.1) is 11.9 Å². The summed E-state index contributed by atoms with van der Waals surface area (Å²) in [7, 11) is 3.27. The minimum atomic E-state index is -0.252. The molecule has 0 atom stereocenters. The van der Waals surface area contributed by atoms with E-state index < -0.39 is 0 Å². The highest BCUT2D eigenvalue weighted by molar-refractivity contribution is 6.30. The number of rotatable bonds is 9. The standard InChI is InChI=1S/C17H28ClN3O3/c1-12-9-13(10-19-15(12)18)21-16(22)20-11-17(2,3)8-6-7-14(23-4)24-5/h9-10,14H,6-8,11H2,1-5H3,(H2,20,21,22). The van der Waals surface area contributed by atoms with Crippen LogP contribution in [0.25, 0.3) is 0 Å². The molecule has 0 spiro atoms. The molecule has 6 nitrogen and oxygen atoms in total. The Morgan fingerprint density at radius 2 is 2.04 bits per heavy atom. The molecule has 0 aliphatic carbocycles. The second-order valence-corrected chi connectivity index (χ2v) is 6.95. The van der Waals surface area contributed by atoms with E-state index in [1.807, 2.05) is 6.92 Å². The summed E-state index contributed by atoms with van der Waals surface area (Å²) < 4.78 is 10.4. The number of ether oxygens (including phenoxy) is 2. The number of nitrogens with one attached hydrogen (secondary N) is 2. The van der Waals surface area contributed by atoms with E-state index in [-0.39, 0.29) is 17.7 Å². The molecular weight excluding hydrogens is 330 g/mol. The van der Waals surface area contributed by atoms with Gasteiger partial charge in [-0.2, -0.15) is 0 Å². The molecule has 0 bridgehead atoms. The number of pyridine rings is 1. The molecule has 1 aromatic rings. The van der Waals surface area contributed by atoms with E-state index in [4.69, 9.17) is 21.1 Å². The van der Waals surface area contributed by atoms with Gasteiger partial charge >= 0.3 is 6.03 Å². The third-order valence-corrected chi connectivity index (χ3v) is 4.21. The number of amides is 2.